The molecule has 0 aromatic heterocycles. The number of aliphatic carboxylic acids is 1. The van der Waals surface area contributed by atoms with Crippen molar-refractivity contribution in [3.63, 3.8) is 0 Å². The lowest BCUT2D eigenvalue weighted by Crippen LogP contribution is -2.64. The molecule has 0 amide bonds. The van der Waals surface area contributed by atoms with Gasteiger partial charge < -0.3 is 79.5 Å². The van der Waals surface area contributed by atoms with Crippen LogP contribution in [0.2, 0.25) is 0 Å². The van der Waals surface area contributed by atoms with E-state index in [0.717, 1.165) is 0 Å². The number of carbonyl (C=O) groups is 1. The summed E-state index contributed by atoms with van der Waals surface area (Å²) in [6.45, 7) is -0.861. The third kappa shape index (κ3) is 6.91. The van der Waals surface area contributed by atoms with Gasteiger partial charge in [0.15, 0.2) is 12.6 Å². The average Bonchev–Trinajstić information content (AvgIpc) is 2.93. The van der Waals surface area contributed by atoms with Gasteiger partial charge in [0, 0.05) is 25.9 Å². The molecular weight excluding hydrogens is 548 g/mol. The minimum Gasteiger partial charge on any atom is -0.477 e. The fourth-order valence-corrected chi connectivity index (χ4v) is 4.98. The zero-order valence-corrected chi connectivity index (χ0v) is 21.9. The van der Waals surface area contributed by atoms with Crippen molar-refractivity contribution in [3.05, 3.63) is 0 Å². The van der Waals surface area contributed by atoms with E-state index in [0.29, 0.717) is 0 Å². The van der Waals surface area contributed by atoms with E-state index in [1.807, 2.05) is 0 Å². The topological polar surface area (TPSA) is 275 Å². The second-order valence-electron chi connectivity index (χ2n) is 10.3. The number of rotatable bonds is 11. The van der Waals surface area contributed by atoms with E-state index in [1.165, 1.54) is 14.0 Å². The first-order valence-electron chi connectivity index (χ1n) is 12.8. The third-order valence-corrected chi connectivity index (χ3v) is 7.56. The zero-order chi connectivity index (χ0) is 29.9. The van der Waals surface area contributed by atoms with Crippen LogP contribution in [0.5, 0.6) is 0 Å². The van der Waals surface area contributed by atoms with Crippen LogP contribution in [0.3, 0.4) is 0 Å². The lowest BCUT2D eigenvalue weighted by atomic mass is 9.84. The summed E-state index contributed by atoms with van der Waals surface area (Å²) in [7, 11) is 1.33. The van der Waals surface area contributed by atoms with E-state index in [1.54, 1.807) is 0 Å². The fraction of sp³-hybridized carbons (Fsp3) is 0.957. The molecule has 0 saturated carbocycles. The summed E-state index contributed by atoms with van der Waals surface area (Å²) in [5.74, 6) is -5.23. The summed E-state index contributed by atoms with van der Waals surface area (Å²) in [4.78, 5) is 12.2. The molecule has 0 aliphatic carbocycles. The van der Waals surface area contributed by atoms with Crippen molar-refractivity contribution in [2.45, 2.75) is 105 Å². The van der Waals surface area contributed by atoms with E-state index in [2.05, 4.69) is 0 Å². The summed E-state index contributed by atoms with van der Waals surface area (Å²) in [5, 5.41) is 101. The van der Waals surface area contributed by atoms with Gasteiger partial charge in [0.25, 0.3) is 5.79 Å². The number of hydrogen-bond acceptors (Lipinski definition) is 16. The number of hydrogen-bond donors (Lipinski definition) is 10. The second-order valence-corrected chi connectivity index (χ2v) is 10.3. The quantitative estimate of drug-likeness (QED) is 0.108. The molecular formula is C23H40O17. The van der Waals surface area contributed by atoms with Gasteiger partial charge in [-0.2, -0.15) is 0 Å². The van der Waals surface area contributed by atoms with Gasteiger partial charge >= 0.3 is 5.97 Å². The van der Waals surface area contributed by atoms with Gasteiger partial charge in [-0.3, -0.25) is 0 Å². The van der Waals surface area contributed by atoms with Crippen LogP contribution < -0.4 is 0 Å². The summed E-state index contributed by atoms with van der Waals surface area (Å²) < 4.78 is 32.7. The Hall–Kier alpha value is -1.13. The summed E-state index contributed by atoms with van der Waals surface area (Å²) in [6, 6.07) is 0. The molecule has 10 N–H and O–H groups in total. The minimum absolute atomic E-state index is 0.0601. The van der Waals surface area contributed by atoms with Crippen molar-refractivity contribution in [2.24, 2.45) is 5.92 Å². The number of methoxy groups -OCH3 is 1. The first-order chi connectivity index (χ1) is 18.8. The summed E-state index contributed by atoms with van der Waals surface area (Å²) >= 11 is 0. The summed E-state index contributed by atoms with van der Waals surface area (Å²) in [6.07, 6.45) is -20.4. The van der Waals surface area contributed by atoms with Crippen molar-refractivity contribution in [1.82, 2.24) is 0 Å². The van der Waals surface area contributed by atoms with Crippen LogP contribution in [0.1, 0.15) is 19.8 Å². The molecule has 0 aromatic rings. The summed E-state index contributed by atoms with van der Waals surface area (Å²) in [5.41, 5.74) is 0. The molecule has 3 saturated heterocycles. The number of aliphatic hydroxyl groups excluding tert-OH is 9. The zero-order valence-electron chi connectivity index (χ0n) is 21.9. The highest BCUT2D eigenvalue weighted by molar-refractivity contribution is 5.76. The number of ether oxygens (including phenoxy) is 6. The van der Waals surface area contributed by atoms with Gasteiger partial charge in [0.05, 0.1) is 38.1 Å². The van der Waals surface area contributed by atoms with Gasteiger partial charge in [-0.1, -0.05) is 6.92 Å². The lowest BCUT2D eigenvalue weighted by Gasteiger charge is -2.47. The Balaban J connectivity index is 1.76. The first-order valence-corrected chi connectivity index (χ1v) is 12.8. The SMILES string of the molecule is COC1C[C@@H](O)[C@H](O[C@@H]2OC(CO[C@]3(C(=O)O)CC(O)[C@@H](C)C([C@H](O)[C@H](O)CO)O3)[C@H](O)[C@H](O)C2O)C(CO)O1. The van der Waals surface area contributed by atoms with E-state index < -0.39 is 124 Å². The predicted octanol–water partition coefficient (Wildman–Crippen LogP) is -5.41. The predicted molar refractivity (Wildman–Crippen MR) is 125 cm³/mol. The van der Waals surface area contributed by atoms with Crippen molar-refractivity contribution in [1.29, 1.82) is 0 Å². The standard InChI is InChI=1S/C23H40O17/c1-8-10(27)4-23(22(33)34,40-19(8)15(29)11(28)5-24)36-7-13-16(30)17(31)18(32)21(38-13)39-20-9(26)3-14(35-2)37-12(20)6-25/h8-21,24-32H,3-7H2,1-2H3,(H,33,34)/t8-,9-,10?,11-,12?,13?,14?,15-,16+,17+,18?,19?,20+,21+,23-/m1/s1. The molecule has 3 rings (SSSR count). The Labute approximate surface area is 229 Å². The first kappa shape index (κ1) is 33.4. The highest BCUT2D eigenvalue weighted by Crippen LogP contribution is 2.37. The molecule has 0 spiro atoms. The lowest BCUT2D eigenvalue weighted by molar-refractivity contribution is -0.358. The van der Waals surface area contributed by atoms with E-state index in [9.17, 15) is 55.9 Å². The molecule has 17 heteroatoms. The van der Waals surface area contributed by atoms with E-state index >= 15 is 0 Å². The van der Waals surface area contributed by atoms with Gasteiger partial charge in [0.1, 0.15) is 48.8 Å². The van der Waals surface area contributed by atoms with Crippen LogP contribution in [-0.2, 0) is 33.2 Å². The monoisotopic (exact) mass is 588 g/mol. The van der Waals surface area contributed by atoms with Crippen LogP contribution in [0.4, 0.5) is 0 Å². The smallest absolute Gasteiger partial charge is 0.364 e. The molecule has 17 nitrogen and oxygen atoms in total. The molecule has 3 heterocycles. The van der Waals surface area contributed by atoms with Gasteiger partial charge in [0.2, 0.25) is 0 Å². The Kier molecular flexibility index (Phi) is 11.6. The molecule has 0 radical (unpaired) electrons. The molecule has 0 aromatic carbocycles. The maximum absolute atomic E-state index is 12.2. The van der Waals surface area contributed by atoms with E-state index in [4.69, 9.17) is 28.4 Å². The van der Waals surface area contributed by atoms with Crippen LogP contribution in [-0.4, -0.2) is 169 Å². The molecule has 3 fully saturated rings. The van der Waals surface area contributed by atoms with Crippen LogP contribution in [0, 0.1) is 5.92 Å². The molecule has 0 bridgehead atoms. The van der Waals surface area contributed by atoms with Crippen LogP contribution in [0.15, 0.2) is 0 Å². The minimum atomic E-state index is -2.61. The number of carboxylic acid groups (broad SMARTS) is 1. The Morgan fingerprint density at radius 3 is 2.25 bits per heavy atom. The van der Waals surface area contributed by atoms with Crippen molar-refractivity contribution < 1.29 is 84.3 Å². The van der Waals surface area contributed by atoms with Crippen LogP contribution in [0.25, 0.3) is 0 Å². The highest BCUT2D eigenvalue weighted by Gasteiger charge is 2.55. The molecule has 15 atom stereocenters. The molecule has 3 aliphatic heterocycles. The van der Waals surface area contributed by atoms with Crippen molar-refractivity contribution in [3.8, 4) is 0 Å². The Morgan fingerprint density at radius 1 is 1.00 bits per heavy atom. The molecule has 3 aliphatic rings. The molecule has 40 heavy (non-hydrogen) atoms. The largest absolute Gasteiger partial charge is 0.477 e. The number of aliphatic hydroxyl groups is 9. The molecule has 6 unspecified atom stereocenters. The molecule has 234 valence electrons. The Morgan fingerprint density at radius 2 is 1.68 bits per heavy atom. The Bertz CT molecular complexity index is 818. The average molecular weight is 589 g/mol. The highest BCUT2D eigenvalue weighted by atomic mass is 16.8. The second kappa shape index (κ2) is 13.9. The van der Waals surface area contributed by atoms with Crippen molar-refractivity contribution >= 4 is 5.97 Å². The van der Waals surface area contributed by atoms with Crippen LogP contribution >= 0.6 is 0 Å². The van der Waals surface area contributed by atoms with Crippen molar-refractivity contribution in [2.75, 3.05) is 26.9 Å². The van der Waals surface area contributed by atoms with Gasteiger partial charge in [-0.05, 0) is 0 Å². The van der Waals surface area contributed by atoms with E-state index in [-0.39, 0.29) is 6.42 Å². The normalized spacial score (nSPS) is 46.1. The third-order valence-electron chi connectivity index (χ3n) is 7.56. The fourth-order valence-electron chi connectivity index (χ4n) is 4.98. The van der Waals surface area contributed by atoms with Gasteiger partial charge in [-0.25, -0.2) is 4.79 Å². The maximum atomic E-state index is 12.2. The van der Waals surface area contributed by atoms with Gasteiger partial charge in [-0.15, -0.1) is 0 Å². The maximum Gasteiger partial charge on any atom is 0.364 e. The number of carboxylic acids is 1.